The Bertz CT molecular complexity index is 1000. The Morgan fingerprint density at radius 2 is 1.78 bits per heavy atom. The molecular formula is C16H13N3O4. The van der Waals surface area contributed by atoms with Gasteiger partial charge in [-0.15, -0.1) is 0 Å². The van der Waals surface area contributed by atoms with E-state index in [1.165, 1.54) is 6.07 Å². The van der Waals surface area contributed by atoms with Crippen LogP contribution in [0.5, 0.6) is 0 Å². The number of aliphatic imine (C=N–C) groups is 1. The molecule has 5 N–H and O–H groups in total. The lowest BCUT2D eigenvalue weighted by atomic mass is 10.0. The van der Waals surface area contributed by atoms with Gasteiger partial charge in [0.25, 0.3) is 0 Å². The fourth-order valence-corrected chi connectivity index (χ4v) is 2.51. The molecule has 7 heteroatoms. The highest BCUT2D eigenvalue weighted by molar-refractivity contribution is 5.94. The van der Waals surface area contributed by atoms with Gasteiger partial charge in [-0.05, 0) is 18.2 Å². The topological polar surface area (TPSA) is 132 Å². The van der Waals surface area contributed by atoms with E-state index in [1.54, 1.807) is 36.4 Å². The molecule has 1 aromatic heterocycles. The molecule has 0 saturated carbocycles. The summed E-state index contributed by atoms with van der Waals surface area (Å²) in [5.74, 6) is -1.64. The van der Waals surface area contributed by atoms with Gasteiger partial charge in [0.15, 0.2) is 12.0 Å². The van der Waals surface area contributed by atoms with Crippen LogP contribution in [0.25, 0.3) is 21.9 Å². The monoisotopic (exact) mass is 311 g/mol. The largest absolute Gasteiger partial charge is 0.479 e. The van der Waals surface area contributed by atoms with E-state index in [0.717, 1.165) is 0 Å². The second-order valence-corrected chi connectivity index (χ2v) is 4.94. The summed E-state index contributed by atoms with van der Waals surface area (Å²) >= 11 is 0. The maximum Gasteiger partial charge on any atom is 0.333 e. The van der Waals surface area contributed by atoms with E-state index in [0.29, 0.717) is 11.0 Å². The molecule has 116 valence electrons. The average Bonchev–Trinajstić information content (AvgIpc) is 2.52. The molecule has 1 heterocycles. The minimum atomic E-state index is -1.38. The molecule has 0 amide bonds. The van der Waals surface area contributed by atoms with Crippen LogP contribution in [-0.4, -0.2) is 17.0 Å². The van der Waals surface area contributed by atoms with Gasteiger partial charge in [-0.2, -0.15) is 0 Å². The summed E-state index contributed by atoms with van der Waals surface area (Å²) in [6, 6.07) is 10.1. The third kappa shape index (κ3) is 2.48. The number of benzene rings is 2. The molecule has 0 aliphatic heterocycles. The number of guanidine groups is 1. The third-order valence-corrected chi connectivity index (χ3v) is 3.44. The summed E-state index contributed by atoms with van der Waals surface area (Å²) in [6.45, 7) is 0. The van der Waals surface area contributed by atoms with Crippen LogP contribution in [0.1, 0.15) is 11.6 Å². The zero-order valence-corrected chi connectivity index (χ0v) is 11.9. The van der Waals surface area contributed by atoms with Crippen molar-refractivity contribution in [2.45, 2.75) is 6.04 Å². The summed E-state index contributed by atoms with van der Waals surface area (Å²) in [6.07, 6.45) is 0. The summed E-state index contributed by atoms with van der Waals surface area (Å²) in [7, 11) is 0. The van der Waals surface area contributed by atoms with Crippen LogP contribution in [-0.2, 0) is 4.79 Å². The Labute approximate surface area is 129 Å². The normalized spacial score (nSPS) is 12.2. The Balaban J connectivity index is 2.42. The highest BCUT2D eigenvalue weighted by Gasteiger charge is 2.24. The first-order valence-electron chi connectivity index (χ1n) is 6.75. The van der Waals surface area contributed by atoms with E-state index in [4.69, 9.17) is 15.9 Å². The maximum absolute atomic E-state index is 12.8. The predicted molar refractivity (Wildman–Crippen MR) is 86.2 cm³/mol. The van der Waals surface area contributed by atoms with Crippen molar-refractivity contribution in [3.05, 3.63) is 58.3 Å². The number of fused-ring (bicyclic) bond motifs is 2. The molecule has 1 unspecified atom stereocenters. The van der Waals surface area contributed by atoms with Gasteiger partial charge in [0.05, 0.1) is 10.8 Å². The van der Waals surface area contributed by atoms with Crippen molar-refractivity contribution in [2.75, 3.05) is 0 Å². The molecule has 23 heavy (non-hydrogen) atoms. The first-order chi connectivity index (χ1) is 11.0. The number of nitrogens with two attached hydrogens (primary N) is 2. The summed E-state index contributed by atoms with van der Waals surface area (Å²) in [4.78, 5) is 28.0. The molecule has 0 aliphatic carbocycles. The highest BCUT2D eigenvalue weighted by atomic mass is 16.4. The van der Waals surface area contributed by atoms with Crippen molar-refractivity contribution >= 4 is 33.9 Å². The van der Waals surface area contributed by atoms with Crippen molar-refractivity contribution in [1.29, 1.82) is 0 Å². The number of carboxylic acid groups (broad SMARTS) is 1. The first-order valence-corrected chi connectivity index (χ1v) is 6.75. The SMILES string of the molecule is NC(N)=NC(C(=O)O)c1cccc2oc3ccccc3c(=O)c12. The molecular weight excluding hydrogens is 298 g/mol. The lowest BCUT2D eigenvalue weighted by molar-refractivity contribution is -0.138. The molecule has 3 rings (SSSR count). The molecule has 2 aromatic carbocycles. The van der Waals surface area contributed by atoms with Crippen molar-refractivity contribution in [3.8, 4) is 0 Å². The fourth-order valence-electron chi connectivity index (χ4n) is 2.51. The van der Waals surface area contributed by atoms with Crippen LogP contribution in [0.4, 0.5) is 0 Å². The fraction of sp³-hybridized carbons (Fsp3) is 0.0625. The Kier molecular flexibility index (Phi) is 3.46. The Morgan fingerprint density at radius 3 is 2.48 bits per heavy atom. The van der Waals surface area contributed by atoms with Gasteiger partial charge in [0.1, 0.15) is 11.2 Å². The van der Waals surface area contributed by atoms with Crippen LogP contribution < -0.4 is 16.9 Å². The van der Waals surface area contributed by atoms with E-state index in [9.17, 15) is 14.7 Å². The van der Waals surface area contributed by atoms with Gasteiger partial charge in [-0.25, -0.2) is 9.79 Å². The number of para-hydroxylation sites is 1. The minimum absolute atomic E-state index is 0.156. The molecule has 7 nitrogen and oxygen atoms in total. The van der Waals surface area contributed by atoms with Gasteiger partial charge in [0, 0.05) is 5.56 Å². The second-order valence-electron chi connectivity index (χ2n) is 4.94. The van der Waals surface area contributed by atoms with Crippen LogP contribution in [0.2, 0.25) is 0 Å². The quantitative estimate of drug-likeness (QED) is 0.380. The summed E-state index contributed by atoms with van der Waals surface area (Å²) < 4.78 is 5.70. The number of rotatable bonds is 3. The van der Waals surface area contributed by atoms with Crippen LogP contribution in [0, 0.1) is 0 Å². The average molecular weight is 311 g/mol. The van der Waals surface area contributed by atoms with E-state index in [1.807, 2.05) is 0 Å². The number of hydrogen-bond donors (Lipinski definition) is 3. The standard InChI is InChI=1S/C16H13N3O4/c17-16(18)19-13(15(21)22)9-5-3-7-11-12(9)14(20)8-4-1-2-6-10(8)23-11/h1-7,13H,(H,21,22)(H4,17,18,19). The summed E-state index contributed by atoms with van der Waals surface area (Å²) in [5, 5.41) is 9.91. The van der Waals surface area contributed by atoms with Crippen molar-refractivity contribution in [2.24, 2.45) is 16.5 Å². The van der Waals surface area contributed by atoms with Gasteiger partial charge < -0.3 is 21.0 Å². The van der Waals surface area contributed by atoms with Crippen molar-refractivity contribution < 1.29 is 14.3 Å². The Morgan fingerprint density at radius 1 is 1.09 bits per heavy atom. The molecule has 3 aromatic rings. The summed E-state index contributed by atoms with van der Waals surface area (Å²) in [5.41, 5.74) is 11.2. The smallest absolute Gasteiger partial charge is 0.333 e. The van der Waals surface area contributed by atoms with E-state index >= 15 is 0 Å². The molecule has 0 radical (unpaired) electrons. The molecule has 1 atom stereocenters. The van der Waals surface area contributed by atoms with Gasteiger partial charge >= 0.3 is 5.97 Å². The lowest BCUT2D eigenvalue weighted by Crippen LogP contribution is -2.26. The molecule has 0 spiro atoms. The molecule has 0 bridgehead atoms. The minimum Gasteiger partial charge on any atom is -0.479 e. The van der Waals surface area contributed by atoms with Gasteiger partial charge in [-0.1, -0.05) is 24.3 Å². The molecule has 0 saturated heterocycles. The molecule has 0 fully saturated rings. The number of nitrogens with zero attached hydrogens (tertiary/aromatic N) is 1. The Hall–Kier alpha value is -3.35. The van der Waals surface area contributed by atoms with Gasteiger partial charge in [0.2, 0.25) is 5.43 Å². The van der Waals surface area contributed by atoms with E-state index in [2.05, 4.69) is 4.99 Å². The zero-order chi connectivity index (χ0) is 16.6. The molecule has 0 aliphatic rings. The van der Waals surface area contributed by atoms with E-state index < -0.39 is 12.0 Å². The number of hydrogen-bond acceptors (Lipinski definition) is 4. The second kappa shape index (κ2) is 5.45. The van der Waals surface area contributed by atoms with Gasteiger partial charge in [-0.3, -0.25) is 4.79 Å². The van der Waals surface area contributed by atoms with Crippen molar-refractivity contribution in [1.82, 2.24) is 0 Å². The van der Waals surface area contributed by atoms with Crippen LogP contribution >= 0.6 is 0 Å². The number of carboxylic acids is 1. The predicted octanol–water partition coefficient (Wildman–Crippen LogP) is 1.35. The zero-order valence-electron chi connectivity index (χ0n) is 11.9. The van der Waals surface area contributed by atoms with Crippen molar-refractivity contribution in [3.63, 3.8) is 0 Å². The maximum atomic E-state index is 12.8. The van der Waals surface area contributed by atoms with Crippen LogP contribution in [0.15, 0.2) is 56.7 Å². The van der Waals surface area contributed by atoms with Crippen LogP contribution in [0.3, 0.4) is 0 Å². The lowest BCUT2D eigenvalue weighted by Gasteiger charge is -2.11. The first kappa shape index (κ1) is 14.6. The number of carbonyl (C=O) groups is 1. The number of aliphatic carboxylic acids is 1. The van der Waals surface area contributed by atoms with E-state index in [-0.39, 0.29) is 27.9 Å². The highest BCUT2D eigenvalue weighted by Crippen LogP contribution is 2.27. The third-order valence-electron chi connectivity index (χ3n) is 3.44.